The molecule has 0 saturated heterocycles. The van der Waals surface area contributed by atoms with Crippen LogP contribution in [-0.2, 0) is 9.53 Å². The average molecular weight is 183 g/mol. The van der Waals surface area contributed by atoms with Gasteiger partial charge in [-0.3, -0.25) is 0 Å². The van der Waals surface area contributed by atoms with Gasteiger partial charge in [-0.05, 0) is 19.8 Å². The number of methoxy groups -OCH3 is 1. The molecule has 4 nitrogen and oxygen atoms in total. The van der Waals surface area contributed by atoms with Crippen molar-refractivity contribution in [3.8, 4) is 6.07 Å². The zero-order valence-electron chi connectivity index (χ0n) is 7.78. The number of allylic oxidation sites excluding steroid dienone is 1. The quantitative estimate of drug-likeness (QED) is 0.515. The second-order valence-electron chi connectivity index (χ2n) is 2.66. The topological polar surface area (TPSA) is 70.3 Å². The number of carbonyl (C=O) groups is 1. The van der Waals surface area contributed by atoms with Crippen LogP contribution in [0.5, 0.6) is 0 Å². The van der Waals surface area contributed by atoms with E-state index in [-0.39, 0.29) is 11.7 Å². The molecule has 0 aliphatic heterocycles. The highest BCUT2D eigenvalue weighted by atomic mass is 16.5. The van der Waals surface area contributed by atoms with Gasteiger partial charge in [-0.25, -0.2) is 4.79 Å². The number of hydrogen-bond donors (Lipinski definition) is 1. The van der Waals surface area contributed by atoms with Crippen molar-refractivity contribution in [3.63, 3.8) is 0 Å². The van der Waals surface area contributed by atoms with Gasteiger partial charge in [0, 0.05) is 7.11 Å². The molecule has 72 valence electrons. The largest absolute Gasteiger partial charge is 0.477 e. The second-order valence-corrected chi connectivity index (χ2v) is 2.66. The van der Waals surface area contributed by atoms with Gasteiger partial charge in [-0.1, -0.05) is 6.08 Å². The van der Waals surface area contributed by atoms with Gasteiger partial charge in [0.05, 0.1) is 6.10 Å². The highest BCUT2D eigenvalue weighted by Gasteiger charge is 2.05. The molecule has 13 heavy (non-hydrogen) atoms. The average Bonchev–Trinajstić information content (AvgIpc) is 2.11. The molecule has 1 N–H and O–H groups in total. The number of aliphatic carboxylic acids is 1. The summed E-state index contributed by atoms with van der Waals surface area (Å²) in [6.07, 6.45) is 2.77. The third-order valence-electron chi connectivity index (χ3n) is 1.67. The maximum atomic E-state index is 10.4. The van der Waals surface area contributed by atoms with Crippen molar-refractivity contribution in [3.05, 3.63) is 11.6 Å². The Morgan fingerprint density at radius 1 is 1.77 bits per heavy atom. The predicted octanol–water partition coefficient (Wildman–Crippen LogP) is 1.34. The van der Waals surface area contributed by atoms with Gasteiger partial charge in [-0.15, -0.1) is 0 Å². The van der Waals surface area contributed by atoms with Crippen molar-refractivity contribution in [2.75, 3.05) is 7.11 Å². The fourth-order valence-electron chi connectivity index (χ4n) is 0.761. The number of nitrogens with zero attached hydrogens (tertiary/aromatic N) is 1. The molecule has 0 spiro atoms. The fraction of sp³-hybridized carbons (Fsp3) is 0.556. The van der Waals surface area contributed by atoms with Crippen molar-refractivity contribution < 1.29 is 14.6 Å². The highest BCUT2D eigenvalue weighted by molar-refractivity contribution is 5.90. The van der Waals surface area contributed by atoms with Crippen LogP contribution in [0.4, 0.5) is 0 Å². The smallest absolute Gasteiger partial charge is 0.346 e. The minimum Gasteiger partial charge on any atom is -0.477 e. The van der Waals surface area contributed by atoms with E-state index in [2.05, 4.69) is 0 Å². The Morgan fingerprint density at radius 2 is 2.38 bits per heavy atom. The molecule has 0 fully saturated rings. The number of ether oxygens (including phenoxy) is 1. The van der Waals surface area contributed by atoms with E-state index in [9.17, 15) is 4.79 Å². The number of hydrogen-bond acceptors (Lipinski definition) is 3. The van der Waals surface area contributed by atoms with Crippen LogP contribution in [0.2, 0.25) is 0 Å². The Bertz CT molecular complexity index is 240. The number of carboxylic acid groups (broad SMARTS) is 1. The van der Waals surface area contributed by atoms with Crippen molar-refractivity contribution in [1.82, 2.24) is 0 Å². The van der Waals surface area contributed by atoms with Crippen LogP contribution in [0.1, 0.15) is 19.8 Å². The highest BCUT2D eigenvalue weighted by Crippen LogP contribution is 2.03. The predicted molar refractivity (Wildman–Crippen MR) is 47.0 cm³/mol. The SMILES string of the molecule is COC(C)CC/C=C(\C#N)C(=O)O. The first-order chi connectivity index (χ1) is 6.11. The van der Waals surface area contributed by atoms with Crippen LogP contribution in [0.3, 0.4) is 0 Å². The Hall–Kier alpha value is -1.34. The Labute approximate surface area is 77.4 Å². The van der Waals surface area contributed by atoms with Gasteiger partial charge in [-0.2, -0.15) is 5.26 Å². The van der Waals surface area contributed by atoms with E-state index in [1.807, 2.05) is 6.92 Å². The van der Waals surface area contributed by atoms with Crippen LogP contribution in [0.25, 0.3) is 0 Å². The summed E-state index contributed by atoms with van der Waals surface area (Å²) in [6, 6.07) is 1.61. The molecular weight excluding hydrogens is 170 g/mol. The maximum Gasteiger partial charge on any atom is 0.346 e. The summed E-state index contributed by atoms with van der Waals surface area (Å²) in [6.45, 7) is 1.89. The first-order valence-electron chi connectivity index (χ1n) is 3.98. The van der Waals surface area contributed by atoms with Crippen LogP contribution >= 0.6 is 0 Å². The molecule has 1 unspecified atom stereocenters. The van der Waals surface area contributed by atoms with Crippen molar-refractivity contribution in [2.45, 2.75) is 25.9 Å². The lowest BCUT2D eigenvalue weighted by molar-refractivity contribution is -0.132. The molecule has 0 aromatic rings. The third-order valence-corrected chi connectivity index (χ3v) is 1.67. The van der Waals surface area contributed by atoms with Gasteiger partial charge in [0.15, 0.2) is 0 Å². The third kappa shape index (κ3) is 4.99. The van der Waals surface area contributed by atoms with E-state index in [4.69, 9.17) is 15.1 Å². The Morgan fingerprint density at radius 3 is 2.77 bits per heavy atom. The van der Waals surface area contributed by atoms with Gasteiger partial charge in [0.25, 0.3) is 0 Å². The lowest BCUT2D eigenvalue weighted by Crippen LogP contribution is -2.04. The van der Waals surface area contributed by atoms with Crippen molar-refractivity contribution in [2.24, 2.45) is 0 Å². The van der Waals surface area contributed by atoms with Gasteiger partial charge < -0.3 is 9.84 Å². The first kappa shape index (κ1) is 11.7. The Balaban J connectivity index is 3.96. The summed E-state index contributed by atoms with van der Waals surface area (Å²) < 4.78 is 4.97. The summed E-state index contributed by atoms with van der Waals surface area (Å²) in [4.78, 5) is 10.4. The molecule has 0 aliphatic rings. The van der Waals surface area contributed by atoms with Gasteiger partial charge in [0.1, 0.15) is 11.6 Å². The molecule has 0 aromatic heterocycles. The molecule has 0 amide bonds. The van der Waals surface area contributed by atoms with E-state index in [1.165, 1.54) is 6.08 Å². The van der Waals surface area contributed by atoms with E-state index in [0.29, 0.717) is 6.42 Å². The number of carboxylic acids is 1. The van der Waals surface area contributed by atoms with Crippen LogP contribution in [0, 0.1) is 11.3 Å². The molecule has 0 saturated carbocycles. The molecule has 0 bridgehead atoms. The minimum absolute atomic E-state index is 0.0880. The van der Waals surface area contributed by atoms with Crippen LogP contribution < -0.4 is 0 Å². The molecule has 0 heterocycles. The van der Waals surface area contributed by atoms with Gasteiger partial charge in [0.2, 0.25) is 0 Å². The summed E-state index contributed by atoms with van der Waals surface area (Å²) in [5.41, 5.74) is -0.205. The van der Waals surface area contributed by atoms with Crippen LogP contribution in [-0.4, -0.2) is 24.3 Å². The fourth-order valence-corrected chi connectivity index (χ4v) is 0.761. The monoisotopic (exact) mass is 183 g/mol. The van der Waals surface area contributed by atoms with E-state index in [0.717, 1.165) is 6.42 Å². The normalized spacial score (nSPS) is 13.5. The summed E-state index contributed by atoms with van der Waals surface area (Å²) in [5, 5.41) is 16.9. The van der Waals surface area contributed by atoms with Crippen LogP contribution in [0.15, 0.2) is 11.6 Å². The zero-order chi connectivity index (χ0) is 10.3. The number of nitriles is 1. The van der Waals surface area contributed by atoms with E-state index < -0.39 is 5.97 Å². The zero-order valence-corrected chi connectivity index (χ0v) is 7.78. The molecule has 4 heteroatoms. The minimum atomic E-state index is -1.17. The number of rotatable bonds is 5. The Kier molecular flexibility index (Phi) is 5.57. The standard InChI is InChI=1S/C9H13NO3/c1-7(13-2)4-3-5-8(6-10)9(11)12/h5,7H,3-4H2,1-2H3,(H,11,12)/b8-5+. The maximum absolute atomic E-state index is 10.4. The lowest BCUT2D eigenvalue weighted by Gasteiger charge is -2.05. The molecule has 0 aliphatic carbocycles. The van der Waals surface area contributed by atoms with Crippen molar-refractivity contribution in [1.29, 1.82) is 5.26 Å². The summed E-state index contributed by atoms with van der Waals surface area (Å²) in [5.74, 6) is -1.17. The summed E-state index contributed by atoms with van der Waals surface area (Å²) in [7, 11) is 1.59. The lowest BCUT2D eigenvalue weighted by atomic mass is 10.1. The summed E-state index contributed by atoms with van der Waals surface area (Å²) >= 11 is 0. The molecule has 0 rings (SSSR count). The van der Waals surface area contributed by atoms with Gasteiger partial charge >= 0.3 is 5.97 Å². The molecule has 1 atom stereocenters. The first-order valence-corrected chi connectivity index (χ1v) is 3.98. The van der Waals surface area contributed by atoms with E-state index in [1.54, 1.807) is 13.2 Å². The molecular formula is C9H13NO3. The van der Waals surface area contributed by atoms with E-state index >= 15 is 0 Å². The second kappa shape index (κ2) is 6.21. The van der Waals surface area contributed by atoms with Crippen molar-refractivity contribution >= 4 is 5.97 Å². The molecule has 0 radical (unpaired) electrons. The molecule has 0 aromatic carbocycles.